The van der Waals surface area contributed by atoms with Gasteiger partial charge in [0.15, 0.2) is 0 Å². The number of nitrogens with zero attached hydrogens (tertiary/aromatic N) is 3. The summed E-state index contributed by atoms with van der Waals surface area (Å²) in [4.78, 5) is 11.2. The molecule has 0 aliphatic carbocycles. The van der Waals surface area contributed by atoms with Gasteiger partial charge < -0.3 is 10.1 Å². The van der Waals surface area contributed by atoms with Crippen LogP contribution in [0.2, 0.25) is 5.15 Å². The molecule has 2 aromatic heterocycles. The maximum absolute atomic E-state index is 6.03. The molecular formula is C18H23ClN4O. The summed E-state index contributed by atoms with van der Waals surface area (Å²) >= 11 is 6.03. The monoisotopic (exact) mass is 346 g/mol. The molecule has 1 fully saturated rings. The molecular weight excluding hydrogens is 324 g/mol. The predicted molar refractivity (Wildman–Crippen MR) is 97.3 cm³/mol. The zero-order valence-electron chi connectivity index (χ0n) is 14.1. The van der Waals surface area contributed by atoms with Crippen molar-refractivity contribution in [1.29, 1.82) is 0 Å². The van der Waals surface area contributed by atoms with Gasteiger partial charge in [0.1, 0.15) is 5.15 Å². The van der Waals surface area contributed by atoms with Crippen LogP contribution in [0, 0.1) is 0 Å². The highest BCUT2D eigenvalue weighted by Crippen LogP contribution is 2.28. The van der Waals surface area contributed by atoms with Crippen molar-refractivity contribution in [3.8, 4) is 11.3 Å². The van der Waals surface area contributed by atoms with Crippen molar-refractivity contribution in [2.45, 2.75) is 26.4 Å². The SMILES string of the molecule is CC(C)Nc1cc(Cl)ncc1-c1ccc(CN2CCOCC2)cn1. The van der Waals surface area contributed by atoms with Gasteiger partial charge in [-0.3, -0.25) is 9.88 Å². The van der Waals surface area contributed by atoms with Gasteiger partial charge in [0.2, 0.25) is 0 Å². The summed E-state index contributed by atoms with van der Waals surface area (Å²) in [5.74, 6) is 0. The molecule has 0 aromatic carbocycles. The third-order valence-electron chi connectivity index (χ3n) is 3.93. The molecule has 5 nitrogen and oxygen atoms in total. The van der Waals surface area contributed by atoms with Gasteiger partial charge in [-0.05, 0) is 31.5 Å². The molecule has 0 spiro atoms. The number of rotatable bonds is 5. The molecule has 0 unspecified atom stereocenters. The van der Waals surface area contributed by atoms with Crippen LogP contribution in [0.5, 0.6) is 0 Å². The van der Waals surface area contributed by atoms with E-state index in [9.17, 15) is 0 Å². The molecule has 24 heavy (non-hydrogen) atoms. The smallest absolute Gasteiger partial charge is 0.131 e. The lowest BCUT2D eigenvalue weighted by Gasteiger charge is -2.26. The van der Waals surface area contributed by atoms with Gasteiger partial charge >= 0.3 is 0 Å². The van der Waals surface area contributed by atoms with Gasteiger partial charge in [0.05, 0.1) is 18.9 Å². The van der Waals surface area contributed by atoms with Crippen molar-refractivity contribution in [2.75, 3.05) is 31.6 Å². The molecule has 0 bridgehead atoms. The van der Waals surface area contributed by atoms with Crippen LogP contribution in [-0.2, 0) is 11.3 Å². The second-order valence-corrected chi connectivity index (χ2v) is 6.68. The fourth-order valence-electron chi connectivity index (χ4n) is 2.76. The fraction of sp³-hybridized carbons (Fsp3) is 0.444. The minimum absolute atomic E-state index is 0.308. The Morgan fingerprint density at radius 1 is 1.21 bits per heavy atom. The van der Waals surface area contributed by atoms with Gasteiger partial charge in [-0.15, -0.1) is 0 Å². The maximum Gasteiger partial charge on any atom is 0.131 e. The van der Waals surface area contributed by atoms with Crippen molar-refractivity contribution in [1.82, 2.24) is 14.9 Å². The summed E-state index contributed by atoms with van der Waals surface area (Å²) in [5, 5.41) is 3.88. The first-order valence-electron chi connectivity index (χ1n) is 8.29. The van der Waals surface area contributed by atoms with Crippen molar-refractivity contribution in [3.05, 3.63) is 41.3 Å². The Kier molecular flexibility index (Phi) is 5.66. The topological polar surface area (TPSA) is 50.3 Å². The van der Waals surface area contributed by atoms with Gasteiger partial charge in [-0.2, -0.15) is 0 Å². The Bertz CT molecular complexity index is 669. The van der Waals surface area contributed by atoms with Crippen LogP contribution in [0.1, 0.15) is 19.4 Å². The standard InChI is InChI=1S/C18H23ClN4O/c1-13(2)22-17-9-18(19)21-11-15(17)16-4-3-14(10-20-16)12-23-5-7-24-8-6-23/h3-4,9-11,13H,5-8,12H2,1-2H3,(H,21,22). The maximum atomic E-state index is 6.03. The number of aromatic nitrogens is 2. The first-order valence-corrected chi connectivity index (χ1v) is 8.67. The van der Waals surface area contributed by atoms with Gasteiger partial charge in [0, 0.05) is 49.3 Å². The van der Waals surface area contributed by atoms with Crippen LogP contribution < -0.4 is 5.32 Å². The first kappa shape index (κ1) is 17.1. The molecule has 0 radical (unpaired) electrons. The molecule has 1 aliphatic heterocycles. The Balaban J connectivity index is 1.77. The van der Waals surface area contributed by atoms with E-state index in [1.54, 1.807) is 6.20 Å². The van der Waals surface area contributed by atoms with Crippen LogP contribution in [0.25, 0.3) is 11.3 Å². The lowest BCUT2D eigenvalue weighted by Crippen LogP contribution is -2.35. The molecule has 1 aliphatic rings. The first-order chi connectivity index (χ1) is 11.6. The molecule has 0 amide bonds. The van der Waals surface area contributed by atoms with Crippen molar-refractivity contribution in [3.63, 3.8) is 0 Å². The Labute approximate surface area is 148 Å². The number of pyridine rings is 2. The number of ether oxygens (including phenoxy) is 1. The van der Waals surface area contributed by atoms with Crippen LogP contribution >= 0.6 is 11.6 Å². The summed E-state index contributed by atoms with van der Waals surface area (Å²) in [6.07, 6.45) is 3.72. The predicted octanol–water partition coefficient (Wildman–Crippen LogP) is 3.45. The molecule has 0 atom stereocenters. The molecule has 3 rings (SSSR count). The number of morpholine rings is 1. The summed E-state index contributed by atoms with van der Waals surface area (Å²) in [6, 6.07) is 6.33. The number of halogens is 1. The van der Waals surface area contributed by atoms with E-state index in [-0.39, 0.29) is 0 Å². The number of hydrogen-bond donors (Lipinski definition) is 1. The average Bonchev–Trinajstić information content (AvgIpc) is 2.56. The summed E-state index contributed by atoms with van der Waals surface area (Å²) in [5.41, 5.74) is 4.03. The van der Waals surface area contributed by atoms with E-state index in [2.05, 4.69) is 40.1 Å². The zero-order chi connectivity index (χ0) is 16.9. The Morgan fingerprint density at radius 2 is 2.00 bits per heavy atom. The quantitative estimate of drug-likeness (QED) is 0.840. The molecule has 0 saturated carbocycles. The second kappa shape index (κ2) is 7.92. The van der Waals surface area contributed by atoms with Gasteiger partial charge in [-0.1, -0.05) is 17.7 Å². The lowest BCUT2D eigenvalue weighted by molar-refractivity contribution is 0.0341. The third kappa shape index (κ3) is 4.44. The van der Waals surface area contributed by atoms with E-state index >= 15 is 0 Å². The van der Waals surface area contributed by atoms with Gasteiger partial charge in [0.25, 0.3) is 0 Å². The molecule has 1 N–H and O–H groups in total. The number of hydrogen-bond acceptors (Lipinski definition) is 5. The number of anilines is 1. The minimum atomic E-state index is 0.308. The Morgan fingerprint density at radius 3 is 2.67 bits per heavy atom. The minimum Gasteiger partial charge on any atom is -0.382 e. The van der Waals surface area contributed by atoms with Crippen LogP contribution in [0.3, 0.4) is 0 Å². The molecule has 128 valence electrons. The van der Waals surface area contributed by atoms with Crippen molar-refractivity contribution < 1.29 is 4.74 Å². The van der Waals surface area contributed by atoms with E-state index in [1.165, 1.54) is 5.56 Å². The molecule has 3 heterocycles. The third-order valence-corrected chi connectivity index (χ3v) is 4.13. The zero-order valence-corrected chi connectivity index (χ0v) is 14.9. The van der Waals surface area contributed by atoms with E-state index in [0.29, 0.717) is 11.2 Å². The molecule has 2 aromatic rings. The highest BCUT2D eigenvalue weighted by Gasteiger charge is 2.12. The van der Waals surface area contributed by atoms with E-state index in [4.69, 9.17) is 16.3 Å². The normalized spacial score (nSPS) is 15.7. The molecule has 1 saturated heterocycles. The summed E-state index contributed by atoms with van der Waals surface area (Å²) in [7, 11) is 0. The molecule has 6 heteroatoms. The van der Waals surface area contributed by atoms with Crippen LogP contribution in [0.15, 0.2) is 30.6 Å². The largest absolute Gasteiger partial charge is 0.382 e. The van der Waals surface area contributed by atoms with Crippen molar-refractivity contribution >= 4 is 17.3 Å². The highest BCUT2D eigenvalue weighted by atomic mass is 35.5. The number of nitrogens with one attached hydrogen (secondary N) is 1. The van der Waals surface area contributed by atoms with Crippen LogP contribution in [0.4, 0.5) is 5.69 Å². The highest BCUT2D eigenvalue weighted by molar-refractivity contribution is 6.29. The van der Waals surface area contributed by atoms with Gasteiger partial charge in [-0.25, -0.2) is 4.98 Å². The Hall–Kier alpha value is -1.69. The van der Waals surface area contributed by atoms with E-state index in [0.717, 1.165) is 49.8 Å². The van der Waals surface area contributed by atoms with Crippen LogP contribution in [-0.4, -0.2) is 47.2 Å². The average molecular weight is 347 g/mol. The van der Waals surface area contributed by atoms with E-state index < -0.39 is 0 Å². The fourth-order valence-corrected chi connectivity index (χ4v) is 2.92. The lowest BCUT2D eigenvalue weighted by atomic mass is 10.1. The van der Waals surface area contributed by atoms with E-state index in [1.807, 2.05) is 18.3 Å². The van der Waals surface area contributed by atoms with Crippen molar-refractivity contribution in [2.24, 2.45) is 0 Å². The second-order valence-electron chi connectivity index (χ2n) is 6.29. The summed E-state index contributed by atoms with van der Waals surface area (Å²) < 4.78 is 5.39. The summed E-state index contributed by atoms with van der Waals surface area (Å²) in [6.45, 7) is 8.68.